The molecule has 0 bridgehead atoms. The fourth-order valence-electron chi connectivity index (χ4n) is 2.04. The SMILES string of the molecule is CCc1c(C(=O)OCc2cc(C)on2)cnc2ncnn12. The van der Waals surface area contributed by atoms with Crippen molar-refractivity contribution in [1.29, 1.82) is 0 Å². The van der Waals surface area contributed by atoms with Crippen molar-refractivity contribution in [3.05, 3.63) is 41.3 Å². The molecule has 0 saturated heterocycles. The molecule has 0 spiro atoms. The Bertz CT molecular complexity index is 792. The molecule has 3 heterocycles. The number of carbonyl (C=O) groups is 1. The molecule has 0 aromatic carbocycles. The van der Waals surface area contributed by atoms with Crippen LogP contribution in [0.1, 0.15) is 34.4 Å². The first-order valence-electron chi connectivity index (χ1n) is 6.46. The highest BCUT2D eigenvalue weighted by molar-refractivity contribution is 5.90. The van der Waals surface area contributed by atoms with Crippen LogP contribution >= 0.6 is 0 Å². The quantitative estimate of drug-likeness (QED) is 0.668. The Hall–Kier alpha value is -2.77. The van der Waals surface area contributed by atoms with Crippen molar-refractivity contribution in [3.63, 3.8) is 0 Å². The highest BCUT2D eigenvalue weighted by atomic mass is 16.5. The maximum Gasteiger partial charge on any atom is 0.341 e. The molecule has 0 aliphatic rings. The van der Waals surface area contributed by atoms with Crippen LogP contribution in [0.15, 0.2) is 23.1 Å². The standard InChI is InChI=1S/C13H13N5O3/c1-3-11-10(5-14-13-15-7-16-18(11)13)12(19)20-6-9-4-8(2)21-17-9/h4-5,7H,3,6H2,1-2H3. The Morgan fingerprint density at radius 1 is 1.43 bits per heavy atom. The lowest BCUT2D eigenvalue weighted by Gasteiger charge is -2.08. The molecule has 0 aliphatic heterocycles. The van der Waals surface area contributed by atoms with E-state index in [0.717, 1.165) is 0 Å². The summed E-state index contributed by atoms with van der Waals surface area (Å²) < 4.78 is 11.7. The van der Waals surface area contributed by atoms with Crippen molar-refractivity contribution in [1.82, 2.24) is 24.7 Å². The third-order valence-electron chi connectivity index (χ3n) is 2.99. The molecule has 3 aromatic rings. The summed E-state index contributed by atoms with van der Waals surface area (Å²) in [6, 6.07) is 1.72. The number of aryl methyl sites for hydroxylation is 2. The van der Waals surface area contributed by atoms with Gasteiger partial charge in [0.05, 0.1) is 11.3 Å². The number of ether oxygens (including phenoxy) is 1. The van der Waals surface area contributed by atoms with E-state index in [1.54, 1.807) is 13.0 Å². The van der Waals surface area contributed by atoms with Crippen molar-refractivity contribution in [2.24, 2.45) is 0 Å². The van der Waals surface area contributed by atoms with Crippen LogP contribution in [0.5, 0.6) is 0 Å². The summed E-state index contributed by atoms with van der Waals surface area (Å²) >= 11 is 0. The van der Waals surface area contributed by atoms with Crippen LogP contribution in [0, 0.1) is 6.92 Å². The number of fused-ring (bicyclic) bond motifs is 1. The van der Waals surface area contributed by atoms with E-state index in [1.165, 1.54) is 17.0 Å². The third kappa shape index (κ3) is 2.47. The summed E-state index contributed by atoms with van der Waals surface area (Å²) in [6.45, 7) is 3.75. The van der Waals surface area contributed by atoms with Crippen molar-refractivity contribution >= 4 is 11.7 Å². The molecule has 0 unspecified atom stereocenters. The summed E-state index contributed by atoms with van der Waals surface area (Å²) in [5.74, 6) is 0.647. The van der Waals surface area contributed by atoms with Crippen LogP contribution in [0.25, 0.3) is 5.78 Å². The lowest BCUT2D eigenvalue weighted by molar-refractivity contribution is 0.0461. The van der Waals surface area contributed by atoms with Crippen LogP contribution in [0.4, 0.5) is 0 Å². The van der Waals surface area contributed by atoms with Crippen molar-refractivity contribution in [2.45, 2.75) is 26.9 Å². The molecule has 108 valence electrons. The minimum atomic E-state index is -0.475. The molecular weight excluding hydrogens is 274 g/mol. The van der Waals surface area contributed by atoms with E-state index in [1.807, 2.05) is 6.92 Å². The minimum Gasteiger partial charge on any atom is -0.455 e. The molecule has 0 amide bonds. The molecule has 0 aliphatic carbocycles. The van der Waals surface area contributed by atoms with Gasteiger partial charge >= 0.3 is 5.97 Å². The molecule has 0 fully saturated rings. The van der Waals surface area contributed by atoms with E-state index in [4.69, 9.17) is 9.26 Å². The Labute approximate surface area is 119 Å². The van der Waals surface area contributed by atoms with Gasteiger partial charge in [-0.05, 0) is 13.3 Å². The lowest BCUT2D eigenvalue weighted by Crippen LogP contribution is -2.13. The van der Waals surface area contributed by atoms with E-state index in [-0.39, 0.29) is 6.61 Å². The number of aromatic nitrogens is 5. The van der Waals surface area contributed by atoms with Crippen molar-refractivity contribution in [2.75, 3.05) is 0 Å². The molecule has 0 N–H and O–H groups in total. The molecule has 8 heteroatoms. The van der Waals surface area contributed by atoms with Gasteiger partial charge in [0.1, 0.15) is 24.4 Å². The molecule has 0 radical (unpaired) electrons. The molecule has 3 aromatic heterocycles. The van der Waals surface area contributed by atoms with Gasteiger partial charge in [0.2, 0.25) is 0 Å². The third-order valence-corrected chi connectivity index (χ3v) is 2.99. The maximum atomic E-state index is 12.2. The smallest absolute Gasteiger partial charge is 0.341 e. The van der Waals surface area contributed by atoms with Crippen LogP contribution in [-0.4, -0.2) is 30.7 Å². The first kappa shape index (κ1) is 13.2. The van der Waals surface area contributed by atoms with Gasteiger partial charge < -0.3 is 9.26 Å². The minimum absolute atomic E-state index is 0.0503. The zero-order chi connectivity index (χ0) is 14.8. The van der Waals surface area contributed by atoms with Crippen LogP contribution in [-0.2, 0) is 17.8 Å². The summed E-state index contributed by atoms with van der Waals surface area (Å²) in [4.78, 5) is 20.3. The van der Waals surface area contributed by atoms with Gasteiger partial charge in [-0.25, -0.2) is 14.3 Å². The van der Waals surface area contributed by atoms with Crippen LogP contribution in [0.3, 0.4) is 0 Å². The predicted molar refractivity (Wildman–Crippen MR) is 70.5 cm³/mol. The topological polar surface area (TPSA) is 95.4 Å². The van der Waals surface area contributed by atoms with E-state index < -0.39 is 5.97 Å². The van der Waals surface area contributed by atoms with Crippen molar-refractivity contribution in [3.8, 4) is 0 Å². The fraction of sp³-hybridized carbons (Fsp3) is 0.308. The van der Waals surface area contributed by atoms with Gasteiger partial charge in [0, 0.05) is 12.3 Å². The Morgan fingerprint density at radius 3 is 3.00 bits per heavy atom. The molecule has 21 heavy (non-hydrogen) atoms. The number of carbonyl (C=O) groups excluding carboxylic acids is 1. The predicted octanol–water partition coefficient (Wildman–Crippen LogP) is 1.34. The van der Waals surface area contributed by atoms with E-state index in [0.29, 0.717) is 34.9 Å². The van der Waals surface area contributed by atoms with Gasteiger partial charge in [-0.2, -0.15) is 10.1 Å². The number of hydrogen-bond donors (Lipinski definition) is 0. The van der Waals surface area contributed by atoms with Gasteiger partial charge in [-0.3, -0.25) is 0 Å². The maximum absolute atomic E-state index is 12.2. The number of rotatable bonds is 4. The molecule has 3 rings (SSSR count). The van der Waals surface area contributed by atoms with Gasteiger partial charge in [-0.1, -0.05) is 12.1 Å². The van der Waals surface area contributed by atoms with E-state index >= 15 is 0 Å². The second-order valence-electron chi connectivity index (χ2n) is 4.45. The van der Waals surface area contributed by atoms with Crippen LogP contribution < -0.4 is 0 Å². The van der Waals surface area contributed by atoms with Crippen molar-refractivity contribution < 1.29 is 14.1 Å². The summed E-state index contributed by atoms with van der Waals surface area (Å²) in [7, 11) is 0. The fourth-order valence-corrected chi connectivity index (χ4v) is 2.04. The number of esters is 1. The largest absolute Gasteiger partial charge is 0.455 e. The highest BCUT2D eigenvalue weighted by Crippen LogP contribution is 2.12. The van der Waals surface area contributed by atoms with Gasteiger partial charge in [0.15, 0.2) is 0 Å². The Kier molecular flexibility index (Phi) is 3.35. The molecule has 0 atom stereocenters. The second-order valence-corrected chi connectivity index (χ2v) is 4.45. The zero-order valence-corrected chi connectivity index (χ0v) is 11.6. The molecule has 0 saturated carbocycles. The summed E-state index contributed by atoms with van der Waals surface area (Å²) in [5, 5.41) is 7.83. The second kappa shape index (κ2) is 5.31. The molecule has 8 nitrogen and oxygen atoms in total. The Balaban J connectivity index is 1.83. The Morgan fingerprint density at radius 2 is 2.29 bits per heavy atom. The summed E-state index contributed by atoms with van der Waals surface area (Å²) in [6.07, 6.45) is 3.46. The monoisotopic (exact) mass is 287 g/mol. The van der Waals surface area contributed by atoms with Crippen LogP contribution in [0.2, 0.25) is 0 Å². The lowest BCUT2D eigenvalue weighted by atomic mass is 10.2. The first-order chi connectivity index (χ1) is 10.2. The van der Waals surface area contributed by atoms with E-state index in [2.05, 4.69) is 20.2 Å². The first-order valence-corrected chi connectivity index (χ1v) is 6.46. The van der Waals surface area contributed by atoms with E-state index in [9.17, 15) is 4.79 Å². The number of hydrogen-bond acceptors (Lipinski definition) is 7. The van der Waals surface area contributed by atoms with Gasteiger partial charge in [-0.15, -0.1) is 0 Å². The highest BCUT2D eigenvalue weighted by Gasteiger charge is 2.17. The zero-order valence-electron chi connectivity index (χ0n) is 11.6. The van der Waals surface area contributed by atoms with Gasteiger partial charge in [0.25, 0.3) is 5.78 Å². The number of nitrogens with zero attached hydrogens (tertiary/aromatic N) is 5. The average molecular weight is 287 g/mol. The molecular formula is C13H13N5O3. The summed E-state index contributed by atoms with van der Waals surface area (Å²) in [5.41, 5.74) is 1.64. The normalized spacial score (nSPS) is 11.0. The average Bonchev–Trinajstić information content (AvgIpc) is 3.12.